The fourth-order valence-corrected chi connectivity index (χ4v) is 2.15. The summed E-state index contributed by atoms with van der Waals surface area (Å²) in [7, 11) is 3.31. The van der Waals surface area contributed by atoms with Crippen molar-refractivity contribution in [2.45, 2.75) is 0 Å². The van der Waals surface area contributed by atoms with Gasteiger partial charge in [-0.3, -0.25) is 30.0 Å². The first-order valence-corrected chi connectivity index (χ1v) is 6.85. The number of nitro groups is 2. The molecule has 0 saturated heterocycles. The van der Waals surface area contributed by atoms with E-state index in [0.717, 1.165) is 6.08 Å². The third-order valence-electron chi connectivity index (χ3n) is 3.25. The molecule has 2 N–H and O–H groups in total. The van der Waals surface area contributed by atoms with Crippen LogP contribution < -0.4 is 16.1 Å². The number of rotatable bonds is 5. The lowest BCUT2D eigenvalue weighted by molar-refractivity contribution is -0.386. The minimum Gasteiger partial charge on any atom is -0.372 e. The zero-order valence-corrected chi connectivity index (χ0v) is 13.2. The number of anilines is 1. The van der Waals surface area contributed by atoms with Crippen molar-refractivity contribution < 1.29 is 9.85 Å². The number of H-pyrrole nitrogens is 2. The number of aromatic amines is 2. The summed E-state index contributed by atoms with van der Waals surface area (Å²) in [6.07, 6.45) is 2.47. The average Bonchev–Trinajstić information content (AvgIpc) is 2.51. The Morgan fingerprint density at radius 1 is 1.04 bits per heavy atom. The molecular weight excluding hydrogens is 334 g/mol. The summed E-state index contributed by atoms with van der Waals surface area (Å²) >= 11 is 0. The van der Waals surface area contributed by atoms with Crippen molar-refractivity contribution in [3.8, 4) is 0 Å². The van der Waals surface area contributed by atoms with Gasteiger partial charge in [-0.25, -0.2) is 4.79 Å². The normalized spacial score (nSPS) is 10.8. The molecule has 0 atom stereocenters. The van der Waals surface area contributed by atoms with Gasteiger partial charge in [0.2, 0.25) is 0 Å². The van der Waals surface area contributed by atoms with E-state index in [-0.39, 0.29) is 11.4 Å². The lowest BCUT2D eigenvalue weighted by Crippen LogP contribution is -2.25. The molecule has 0 radical (unpaired) electrons. The highest BCUT2D eigenvalue weighted by Crippen LogP contribution is 2.28. The average molecular weight is 347 g/mol. The van der Waals surface area contributed by atoms with Crippen LogP contribution in [0, 0.1) is 20.2 Å². The van der Waals surface area contributed by atoms with E-state index in [4.69, 9.17) is 0 Å². The van der Waals surface area contributed by atoms with Crippen LogP contribution in [-0.4, -0.2) is 33.9 Å². The van der Waals surface area contributed by atoms with E-state index in [2.05, 4.69) is 4.98 Å². The Kier molecular flexibility index (Phi) is 4.77. The highest BCUT2D eigenvalue weighted by molar-refractivity contribution is 5.75. The molecular formula is C14H13N5O6. The Balaban J connectivity index is 2.52. The summed E-state index contributed by atoms with van der Waals surface area (Å²) in [5, 5.41) is 22.1. The minimum atomic E-state index is -1.14. The van der Waals surface area contributed by atoms with Crippen molar-refractivity contribution in [1.29, 1.82) is 0 Å². The summed E-state index contributed by atoms with van der Waals surface area (Å²) in [5.74, 6) is 0. The van der Waals surface area contributed by atoms with Gasteiger partial charge in [-0.15, -0.1) is 0 Å². The van der Waals surface area contributed by atoms with Crippen molar-refractivity contribution in [3.05, 3.63) is 70.5 Å². The van der Waals surface area contributed by atoms with Crippen LogP contribution in [0.3, 0.4) is 0 Å². The van der Waals surface area contributed by atoms with Crippen LogP contribution in [0.2, 0.25) is 0 Å². The summed E-state index contributed by atoms with van der Waals surface area (Å²) in [5.41, 5.74) is -2.56. The predicted octanol–water partition coefficient (Wildman–Crippen LogP) is 1.12. The lowest BCUT2D eigenvalue weighted by Gasteiger charge is -2.12. The molecule has 130 valence electrons. The number of nitro benzene ring substituents is 1. The van der Waals surface area contributed by atoms with Crippen molar-refractivity contribution in [3.63, 3.8) is 0 Å². The van der Waals surface area contributed by atoms with Crippen LogP contribution >= 0.6 is 0 Å². The minimum absolute atomic E-state index is 0.152. The zero-order chi connectivity index (χ0) is 18.7. The van der Waals surface area contributed by atoms with Gasteiger partial charge in [-0.2, -0.15) is 0 Å². The molecule has 0 bridgehead atoms. The third kappa shape index (κ3) is 3.77. The first-order valence-electron chi connectivity index (χ1n) is 6.85. The smallest absolute Gasteiger partial charge is 0.357 e. The van der Waals surface area contributed by atoms with Crippen molar-refractivity contribution in [2.24, 2.45) is 0 Å². The van der Waals surface area contributed by atoms with E-state index in [1.54, 1.807) is 30.0 Å². The standard InChI is InChI=1S/C14H13N5O6/c1-17(2)10-6-4-8(7-11(10)18(22)23)3-5-9-12(19(24)25)13(20)16-14(21)15-9/h3-7H,1-2H3,(H2,15,16,20,21)/b5-3-. The Morgan fingerprint density at radius 2 is 1.72 bits per heavy atom. The Labute approximate surface area is 139 Å². The molecule has 0 amide bonds. The Bertz CT molecular complexity index is 988. The number of nitrogens with zero attached hydrogens (tertiary/aromatic N) is 3. The zero-order valence-electron chi connectivity index (χ0n) is 13.2. The summed E-state index contributed by atoms with van der Waals surface area (Å²) < 4.78 is 0. The second-order valence-electron chi connectivity index (χ2n) is 5.16. The van der Waals surface area contributed by atoms with E-state index in [1.165, 1.54) is 18.2 Å². The molecule has 11 nitrogen and oxygen atoms in total. The monoisotopic (exact) mass is 347 g/mol. The first-order chi connectivity index (χ1) is 11.7. The first kappa shape index (κ1) is 17.6. The fraction of sp³-hybridized carbons (Fsp3) is 0.143. The third-order valence-corrected chi connectivity index (χ3v) is 3.25. The highest BCUT2D eigenvalue weighted by atomic mass is 16.6. The van der Waals surface area contributed by atoms with Gasteiger partial charge in [0.1, 0.15) is 11.4 Å². The molecule has 0 saturated carbocycles. The molecule has 0 spiro atoms. The highest BCUT2D eigenvalue weighted by Gasteiger charge is 2.19. The molecule has 0 fully saturated rings. The number of hydrogen-bond acceptors (Lipinski definition) is 7. The van der Waals surface area contributed by atoms with Gasteiger partial charge < -0.3 is 9.88 Å². The SMILES string of the molecule is CN(C)c1ccc(/C=C\c2[nH]c(=O)[nH]c(=O)c2[N+](=O)[O-])cc1[N+](=O)[O-]. The molecule has 25 heavy (non-hydrogen) atoms. The number of benzene rings is 1. The van der Waals surface area contributed by atoms with E-state index in [1.807, 2.05) is 0 Å². The number of nitrogens with one attached hydrogen (secondary N) is 2. The van der Waals surface area contributed by atoms with Crippen LogP contribution in [0.1, 0.15) is 11.3 Å². The van der Waals surface area contributed by atoms with E-state index < -0.39 is 26.8 Å². The molecule has 0 aliphatic heterocycles. The van der Waals surface area contributed by atoms with E-state index >= 15 is 0 Å². The van der Waals surface area contributed by atoms with Crippen LogP contribution in [0.4, 0.5) is 17.1 Å². The summed E-state index contributed by atoms with van der Waals surface area (Å²) in [6.45, 7) is 0. The van der Waals surface area contributed by atoms with E-state index in [0.29, 0.717) is 11.3 Å². The Hall–Kier alpha value is -3.76. The van der Waals surface area contributed by atoms with E-state index in [9.17, 15) is 29.8 Å². The molecule has 1 heterocycles. The molecule has 0 aliphatic carbocycles. The lowest BCUT2D eigenvalue weighted by atomic mass is 10.1. The van der Waals surface area contributed by atoms with Crippen molar-refractivity contribution in [2.75, 3.05) is 19.0 Å². The molecule has 1 aromatic heterocycles. The summed E-state index contributed by atoms with van der Waals surface area (Å²) in [6, 6.07) is 4.37. The topological polar surface area (TPSA) is 155 Å². The molecule has 0 aliphatic rings. The maximum absolute atomic E-state index is 11.5. The van der Waals surface area contributed by atoms with Gasteiger partial charge in [0, 0.05) is 20.2 Å². The van der Waals surface area contributed by atoms with Gasteiger partial charge in [-0.05, 0) is 17.7 Å². The maximum atomic E-state index is 11.5. The Morgan fingerprint density at radius 3 is 2.28 bits per heavy atom. The van der Waals surface area contributed by atoms with Crippen LogP contribution in [0.5, 0.6) is 0 Å². The van der Waals surface area contributed by atoms with Gasteiger partial charge in [0.15, 0.2) is 0 Å². The van der Waals surface area contributed by atoms with Gasteiger partial charge in [0.25, 0.3) is 5.69 Å². The molecule has 2 aromatic rings. The predicted molar refractivity (Wildman–Crippen MR) is 90.7 cm³/mol. The van der Waals surface area contributed by atoms with Crippen LogP contribution in [0.25, 0.3) is 12.2 Å². The molecule has 1 aromatic carbocycles. The fourth-order valence-electron chi connectivity index (χ4n) is 2.15. The molecule has 2 rings (SSSR count). The van der Waals surface area contributed by atoms with Crippen molar-refractivity contribution >= 4 is 29.2 Å². The quantitative estimate of drug-likeness (QED) is 0.606. The second kappa shape index (κ2) is 6.78. The number of hydrogen-bond donors (Lipinski definition) is 2. The largest absolute Gasteiger partial charge is 0.372 e. The number of aromatic nitrogens is 2. The summed E-state index contributed by atoms with van der Waals surface area (Å²) in [4.78, 5) is 49.0. The van der Waals surface area contributed by atoms with Gasteiger partial charge in [-0.1, -0.05) is 12.1 Å². The van der Waals surface area contributed by atoms with Crippen molar-refractivity contribution in [1.82, 2.24) is 9.97 Å². The van der Waals surface area contributed by atoms with Crippen LogP contribution in [0.15, 0.2) is 27.8 Å². The van der Waals surface area contributed by atoms with Gasteiger partial charge >= 0.3 is 16.9 Å². The van der Waals surface area contributed by atoms with Crippen LogP contribution in [-0.2, 0) is 0 Å². The maximum Gasteiger partial charge on any atom is 0.357 e. The molecule has 11 heteroatoms. The van der Waals surface area contributed by atoms with Gasteiger partial charge in [0.05, 0.1) is 9.85 Å². The second-order valence-corrected chi connectivity index (χ2v) is 5.16. The molecule has 0 unspecified atom stereocenters.